The van der Waals surface area contributed by atoms with Gasteiger partial charge in [0, 0.05) is 20.2 Å². The van der Waals surface area contributed by atoms with Crippen LogP contribution in [-0.2, 0) is 23.9 Å². The van der Waals surface area contributed by atoms with Gasteiger partial charge in [-0.05, 0) is 6.92 Å². The quantitative estimate of drug-likeness (QED) is 0.351. The smallest absolute Gasteiger partial charge is 0.318 e. The third-order valence-electron chi connectivity index (χ3n) is 2.35. The summed E-state index contributed by atoms with van der Waals surface area (Å²) in [5, 5.41) is 0. The van der Waals surface area contributed by atoms with E-state index in [1.165, 1.54) is 12.0 Å². The van der Waals surface area contributed by atoms with Crippen LogP contribution in [0.3, 0.4) is 0 Å². The lowest BCUT2D eigenvalue weighted by Gasteiger charge is -2.13. The lowest BCUT2D eigenvalue weighted by atomic mass is 10.1. The van der Waals surface area contributed by atoms with E-state index in [1.807, 2.05) is 0 Å². The highest BCUT2D eigenvalue weighted by Gasteiger charge is 2.43. The van der Waals surface area contributed by atoms with Gasteiger partial charge in [0.15, 0.2) is 0 Å². The summed E-state index contributed by atoms with van der Waals surface area (Å²) in [5.74, 6) is -2.91. The summed E-state index contributed by atoms with van der Waals surface area (Å²) in [4.78, 5) is 35.6. The van der Waals surface area contributed by atoms with Gasteiger partial charge in [-0.3, -0.25) is 14.4 Å². The lowest BCUT2D eigenvalue weighted by molar-refractivity contribution is -0.151. The van der Waals surface area contributed by atoms with E-state index in [0.29, 0.717) is 13.2 Å². The van der Waals surface area contributed by atoms with Crippen molar-refractivity contribution in [3.63, 3.8) is 0 Å². The van der Waals surface area contributed by atoms with Gasteiger partial charge in [0.1, 0.15) is 5.92 Å². The van der Waals surface area contributed by atoms with E-state index >= 15 is 0 Å². The molecule has 6 nitrogen and oxygen atoms in total. The van der Waals surface area contributed by atoms with Crippen LogP contribution in [0.25, 0.3) is 0 Å². The molecule has 0 saturated carbocycles. The molecule has 1 atom stereocenters. The molecule has 0 aliphatic carbocycles. The fourth-order valence-corrected chi connectivity index (χ4v) is 1.51. The number of nitrogens with zero attached hydrogens (tertiary/aromatic N) is 1. The Morgan fingerprint density at radius 2 is 2.19 bits per heavy atom. The number of rotatable bonds is 5. The molecule has 0 bridgehead atoms. The molecular weight excluding hydrogens is 214 g/mol. The van der Waals surface area contributed by atoms with Gasteiger partial charge >= 0.3 is 5.97 Å². The summed E-state index contributed by atoms with van der Waals surface area (Å²) in [5.41, 5.74) is 0. The van der Waals surface area contributed by atoms with Crippen molar-refractivity contribution in [3.05, 3.63) is 0 Å². The van der Waals surface area contributed by atoms with Gasteiger partial charge in [0.05, 0.1) is 13.2 Å². The Labute approximate surface area is 93.5 Å². The fourth-order valence-electron chi connectivity index (χ4n) is 1.51. The Morgan fingerprint density at radius 3 is 2.75 bits per heavy atom. The van der Waals surface area contributed by atoms with E-state index in [4.69, 9.17) is 9.47 Å². The second kappa shape index (κ2) is 5.60. The molecule has 1 amide bonds. The minimum absolute atomic E-state index is 0.0971. The van der Waals surface area contributed by atoms with Gasteiger partial charge in [-0.25, -0.2) is 0 Å². The number of ketones is 1. The maximum Gasteiger partial charge on any atom is 0.318 e. The van der Waals surface area contributed by atoms with E-state index in [9.17, 15) is 14.4 Å². The maximum atomic E-state index is 11.5. The van der Waals surface area contributed by atoms with Crippen molar-refractivity contribution in [1.29, 1.82) is 0 Å². The predicted octanol–water partition coefficient (Wildman–Crippen LogP) is -0.777. The van der Waals surface area contributed by atoms with Crippen molar-refractivity contribution in [2.24, 2.45) is 5.92 Å². The van der Waals surface area contributed by atoms with Gasteiger partial charge < -0.3 is 14.4 Å². The molecule has 0 aromatic carbocycles. The zero-order valence-electron chi connectivity index (χ0n) is 9.39. The van der Waals surface area contributed by atoms with Crippen molar-refractivity contribution < 1.29 is 23.9 Å². The van der Waals surface area contributed by atoms with Crippen LogP contribution in [0.15, 0.2) is 0 Å². The standard InChI is InChI=1S/C10H15NO5/c1-3-16-10(14)7-6-11(4-5-15-2)9(13)8(7)12/h7H,3-6H2,1-2H3. The molecule has 6 heteroatoms. The molecule has 0 aromatic rings. The first kappa shape index (κ1) is 12.6. The normalized spacial score (nSPS) is 20.4. The minimum Gasteiger partial charge on any atom is -0.465 e. The first-order chi connectivity index (χ1) is 7.61. The third-order valence-corrected chi connectivity index (χ3v) is 2.35. The third kappa shape index (κ3) is 2.57. The molecule has 0 aromatic heterocycles. The number of carbonyl (C=O) groups is 3. The fraction of sp³-hybridized carbons (Fsp3) is 0.700. The summed E-state index contributed by atoms with van der Waals surface area (Å²) < 4.78 is 9.54. The highest BCUT2D eigenvalue weighted by Crippen LogP contribution is 2.15. The Morgan fingerprint density at radius 1 is 1.50 bits per heavy atom. The van der Waals surface area contributed by atoms with Crippen LogP contribution >= 0.6 is 0 Å². The molecule has 1 fully saturated rings. The predicted molar refractivity (Wildman–Crippen MR) is 53.6 cm³/mol. The van der Waals surface area contributed by atoms with E-state index in [1.54, 1.807) is 6.92 Å². The molecule has 0 spiro atoms. The summed E-state index contributed by atoms with van der Waals surface area (Å²) in [6, 6.07) is 0. The summed E-state index contributed by atoms with van der Waals surface area (Å²) in [7, 11) is 1.51. The lowest BCUT2D eigenvalue weighted by Crippen LogP contribution is -2.30. The van der Waals surface area contributed by atoms with Crippen LogP contribution in [0.2, 0.25) is 0 Å². The molecule has 1 heterocycles. The van der Waals surface area contributed by atoms with Crippen LogP contribution in [0.4, 0.5) is 0 Å². The Hall–Kier alpha value is -1.43. The number of esters is 1. The molecule has 1 aliphatic rings. The van der Waals surface area contributed by atoms with E-state index < -0.39 is 23.6 Å². The van der Waals surface area contributed by atoms with Crippen LogP contribution in [0, 0.1) is 5.92 Å². The molecule has 1 saturated heterocycles. The minimum atomic E-state index is -0.968. The van der Waals surface area contributed by atoms with E-state index in [-0.39, 0.29) is 13.2 Å². The average molecular weight is 229 g/mol. The van der Waals surface area contributed by atoms with Gasteiger partial charge in [0.25, 0.3) is 5.91 Å². The molecule has 1 aliphatic heterocycles. The van der Waals surface area contributed by atoms with E-state index in [0.717, 1.165) is 0 Å². The van der Waals surface area contributed by atoms with Crippen molar-refractivity contribution >= 4 is 17.7 Å². The van der Waals surface area contributed by atoms with Gasteiger partial charge in [0.2, 0.25) is 5.78 Å². The number of likely N-dealkylation sites (tertiary alicyclic amines) is 1. The number of amides is 1. The van der Waals surface area contributed by atoms with Crippen LogP contribution in [0.5, 0.6) is 0 Å². The van der Waals surface area contributed by atoms with Gasteiger partial charge in [-0.2, -0.15) is 0 Å². The molecular formula is C10H15NO5. The average Bonchev–Trinajstić information content (AvgIpc) is 2.54. The van der Waals surface area contributed by atoms with Gasteiger partial charge in [-0.15, -0.1) is 0 Å². The Bertz CT molecular complexity index is 302. The number of Topliss-reactive ketones (excluding diaryl/α,β-unsaturated/α-hetero) is 1. The molecule has 1 rings (SSSR count). The van der Waals surface area contributed by atoms with Crippen LogP contribution < -0.4 is 0 Å². The second-order valence-electron chi connectivity index (χ2n) is 3.41. The molecule has 0 radical (unpaired) electrons. The highest BCUT2D eigenvalue weighted by atomic mass is 16.5. The first-order valence-electron chi connectivity index (χ1n) is 5.10. The number of methoxy groups -OCH3 is 1. The molecule has 0 N–H and O–H groups in total. The molecule has 16 heavy (non-hydrogen) atoms. The summed E-state index contributed by atoms with van der Waals surface area (Å²) >= 11 is 0. The van der Waals surface area contributed by atoms with Crippen molar-refractivity contribution in [1.82, 2.24) is 4.90 Å². The number of carbonyl (C=O) groups excluding carboxylic acids is 3. The van der Waals surface area contributed by atoms with Crippen molar-refractivity contribution in [2.45, 2.75) is 6.92 Å². The number of ether oxygens (including phenoxy) is 2. The summed E-state index contributed by atoms with van der Waals surface area (Å²) in [6.45, 7) is 2.61. The Balaban J connectivity index is 2.60. The topological polar surface area (TPSA) is 72.9 Å². The Kier molecular flexibility index (Phi) is 4.42. The van der Waals surface area contributed by atoms with E-state index in [2.05, 4.69) is 0 Å². The molecule has 1 unspecified atom stereocenters. The van der Waals surface area contributed by atoms with Crippen LogP contribution in [-0.4, -0.2) is 56.0 Å². The van der Waals surface area contributed by atoms with Crippen molar-refractivity contribution in [3.8, 4) is 0 Å². The number of hydrogen-bond donors (Lipinski definition) is 0. The molecule has 90 valence electrons. The summed E-state index contributed by atoms with van der Waals surface area (Å²) in [6.07, 6.45) is 0. The number of hydrogen-bond acceptors (Lipinski definition) is 5. The monoisotopic (exact) mass is 229 g/mol. The zero-order chi connectivity index (χ0) is 12.1. The second-order valence-corrected chi connectivity index (χ2v) is 3.41. The first-order valence-corrected chi connectivity index (χ1v) is 5.10. The van der Waals surface area contributed by atoms with Crippen molar-refractivity contribution in [2.75, 3.05) is 33.4 Å². The largest absolute Gasteiger partial charge is 0.465 e. The highest BCUT2D eigenvalue weighted by molar-refractivity contribution is 6.42. The van der Waals surface area contributed by atoms with Gasteiger partial charge in [-0.1, -0.05) is 0 Å². The van der Waals surface area contributed by atoms with Crippen LogP contribution in [0.1, 0.15) is 6.92 Å². The maximum absolute atomic E-state index is 11.5. The SMILES string of the molecule is CCOC(=O)C1CN(CCOC)C(=O)C1=O. The zero-order valence-corrected chi connectivity index (χ0v) is 9.39.